The third kappa shape index (κ3) is 4.57. The SMILES string of the molecule is CCCC.Cc1cc(C#N)c(-c2cn(C)nc2C(F)(F)F)cc1F. The molecule has 24 heavy (non-hydrogen) atoms. The van der Waals surface area contributed by atoms with Gasteiger partial charge in [0.25, 0.3) is 0 Å². The Morgan fingerprint density at radius 2 is 1.75 bits per heavy atom. The average molecular weight is 341 g/mol. The number of benzene rings is 1. The second kappa shape index (κ2) is 7.95. The maximum Gasteiger partial charge on any atom is 0.435 e. The Morgan fingerprint density at radius 3 is 2.21 bits per heavy atom. The lowest BCUT2D eigenvalue weighted by Gasteiger charge is -2.08. The van der Waals surface area contributed by atoms with Gasteiger partial charge in [0.15, 0.2) is 5.69 Å². The molecule has 130 valence electrons. The third-order valence-electron chi connectivity index (χ3n) is 3.31. The highest BCUT2D eigenvalue weighted by Gasteiger charge is 2.37. The van der Waals surface area contributed by atoms with Gasteiger partial charge in [-0.2, -0.15) is 23.5 Å². The minimum atomic E-state index is -4.68. The first-order valence-corrected chi connectivity index (χ1v) is 7.47. The molecule has 0 atom stereocenters. The monoisotopic (exact) mass is 341 g/mol. The molecule has 2 aromatic rings. The number of halogens is 4. The van der Waals surface area contributed by atoms with Crippen LogP contribution in [0.5, 0.6) is 0 Å². The van der Waals surface area contributed by atoms with Gasteiger partial charge in [0.2, 0.25) is 0 Å². The van der Waals surface area contributed by atoms with Gasteiger partial charge >= 0.3 is 6.18 Å². The molecule has 0 fully saturated rings. The van der Waals surface area contributed by atoms with Crippen LogP contribution in [0.2, 0.25) is 0 Å². The standard InChI is InChI=1S/C13H9F4N3.C4H10/c1-7-3-8(5-18)9(4-11(7)14)10-6-20(2)19-12(10)13(15,16)17;1-3-4-2/h3-4,6H,1-2H3;3-4H2,1-2H3. The van der Waals surface area contributed by atoms with Crippen molar-refractivity contribution < 1.29 is 17.6 Å². The van der Waals surface area contributed by atoms with Crippen LogP contribution in [0, 0.1) is 24.1 Å². The topological polar surface area (TPSA) is 41.6 Å². The number of hydrogen-bond acceptors (Lipinski definition) is 2. The molecule has 2 rings (SSSR count). The lowest BCUT2D eigenvalue weighted by Crippen LogP contribution is -2.08. The van der Waals surface area contributed by atoms with E-state index in [-0.39, 0.29) is 22.3 Å². The molecular formula is C17H19F4N3. The number of nitriles is 1. The lowest BCUT2D eigenvalue weighted by molar-refractivity contribution is -0.140. The zero-order valence-electron chi connectivity index (χ0n) is 14.0. The van der Waals surface area contributed by atoms with Crippen LogP contribution in [0.1, 0.15) is 43.5 Å². The molecule has 0 aliphatic heterocycles. The van der Waals surface area contributed by atoms with E-state index in [0.717, 1.165) is 16.9 Å². The Morgan fingerprint density at radius 1 is 1.17 bits per heavy atom. The quantitative estimate of drug-likeness (QED) is 0.702. The summed E-state index contributed by atoms with van der Waals surface area (Å²) in [7, 11) is 1.33. The average Bonchev–Trinajstić information content (AvgIpc) is 2.91. The van der Waals surface area contributed by atoms with Crippen LogP contribution < -0.4 is 0 Å². The zero-order chi connectivity index (χ0) is 18.5. The summed E-state index contributed by atoms with van der Waals surface area (Å²) in [6.07, 6.45) is -0.918. The second-order valence-corrected chi connectivity index (χ2v) is 5.32. The molecule has 0 spiro atoms. The molecule has 0 N–H and O–H groups in total. The van der Waals surface area contributed by atoms with E-state index in [4.69, 9.17) is 5.26 Å². The van der Waals surface area contributed by atoms with E-state index in [1.807, 2.05) is 0 Å². The summed E-state index contributed by atoms with van der Waals surface area (Å²) in [5.41, 5.74) is -1.39. The van der Waals surface area contributed by atoms with Crippen LogP contribution in [0.25, 0.3) is 11.1 Å². The number of aromatic nitrogens is 2. The Labute approximate surface area is 138 Å². The zero-order valence-corrected chi connectivity index (χ0v) is 14.0. The smallest absolute Gasteiger partial charge is 0.275 e. The summed E-state index contributed by atoms with van der Waals surface area (Å²) in [5, 5.41) is 12.4. The predicted octanol–water partition coefficient (Wildman–Crippen LogP) is 5.23. The van der Waals surface area contributed by atoms with Crippen molar-refractivity contribution in [2.45, 2.75) is 39.8 Å². The van der Waals surface area contributed by atoms with Crippen molar-refractivity contribution >= 4 is 0 Å². The van der Waals surface area contributed by atoms with Crippen LogP contribution in [0.4, 0.5) is 17.6 Å². The summed E-state index contributed by atoms with van der Waals surface area (Å²) in [6, 6.07) is 3.93. The molecule has 0 unspecified atom stereocenters. The number of rotatable bonds is 2. The highest BCUT2D eigenvalue weighted by Crippen LogP contribution is 2.37. The summed E-state index contributed by atoms with van der Waals surface area (Å²) in [4.78, 5) is 0. The first kappa shape index (κ1) is 19.7. The van der Waals surface area contributed by atoms with E-state index >= 15 is 0 Å². The van der Waals surface area contributed by atoms with Gasteiger partial charge in [0, 0.05) is 24.4 Å². The normalized spacial score (nSPS) is 10.8. The molecule has 0 radical (unpaired) electrons. The van der Waals surface area contributed by atoms with Crippen molar-refractivity contribution in [1.82, 2.24) is 9.78 Å². The van der Waals surface area contributed by atoms with E-state index in [1.54, 1.807) is 6.07 Å². The van der Waals surface area contributed by atoms with E-state index < -0.39 is 17.7 Å². The van der Waals surface area contributed by atoms with Crippen LogP contribution in [0.15, 0.2) is 18.3 Å². The highest BCUT2D eigenvalue weighted by molar-refractivity contribution is 5.73. The first-order chi connectivity index (χ1) is 11.1. The number of aryl methyl sites for hydroxylation is 2. The van der Waals surface area contributed by atoms with Gasteiger partial charge in [0.1, 0.15) is 5.82 Å². The maximum absolute atomic E-state index is 13.6. The summed E-state index contributed by atoms with van der Waals surface area (Å²) in [6.45, 7) is 5.80. The van der Waals surface area contributed by atoms with Gasteiger partial charge in [0.05, 0.1) is 11.6 Å². The summed E-state index contributed by atoms with van der Waals surface area (Å²) >= 11 is 0. The minimum absolute atomic E-state index is 0.0256. The van der Waals surface area contributed by atoms with Crippen molar-refractivity contribution in [2.75, 3.05) is 0 Å². The van der Waals surface area contributed by atoms with Crippen molar-refractivity contribution in [3.05, 3.63) is 41.0 Å². The Kier molecular flexibility index (Phi) is 6.52. The molecule has 0 saturated heterocycles. The molecule has 1 aromatic heterocycles. The third-order valence-corrected chi connectivity index (χ3v) is 3.31. The molecule has 0 bridgehead atoms. The molecule has 3 nitrogen and oxygen atoms in total. The molecule has 0 aliphatic carbocycles. The molecule has 7 heteroatoms. The van der Waals surface area contributed by atoms with Gasteiger partial charge in [-0.15, -0.1) is 0 Å². The Hall–Kier alpha value is -2.36. The largest absolute Gasteiger partial charge is 0.435 e. The lowest BCUT2D eigenvalue weighted by atomic mass is 9.98. The van der Waals surface area contributed by atoms with Crippen LogP contribution in [-0.4, -0.2) is 9.78 Å². The maximum atomic E-state index is 13.6. The summed E-state index contributed by atoms with van der Waals surface area (Å²) in [5.74, 6) is -0.670. The van der Waals surface area contributed by atoms with Gasteiger partial charge in [-0.25, -0.2) is 4.39 Å². The fourth-order valence-electron chi connectivity index (χ4n) is 1.89. The molecule has 0 amide bonds. The first-order valence-electron chi connectivity index (χ1n) is 7.47. The fourth-order valence-corrected chi connectivity index (χ4v) is 1.89. The number of unbranched alkanes of at least 4 members (excludes halogenated alkanes) is 1. The van der Waals surface area contributed by atoms with E-state index in [0.29, 0.717) is 0 Å². The van der Waals surface area contributed by atoms with E-state index in [1.165, 1.54) is 32.9 Å². The number of nitrogens with zero attached hydrogens (tertiary/aromatic N) is 3. The molecule has 0 aliphatic rings. The van der Waals surface area contributed by atoms with Gasteiger partial charge in [-0.3, -0.25) is 4.68 Å². The van der Waals surface area contributed by atoms with Crippen LogP contribution in [-0.2, 0) is 13.2 Å². The van der Waals surface area contributed by atoms with Crippen molar-refractivity contribution in [3.63, 3.8) is 0 Å². The Balaban J connectivity index is 0.000000648. The molecule has 1 aromatic carbocycles. The van der Waals surface area contributed by atoms with Crippen LogP contribution >= 0.6 is 0 Å². The van der Waals surface area contributed by atoms with Crippen molar-refractivity contribution in [3.8, 4) is 17.2 Å². The summed E-state index contributed by atoms with van der Waals surface area (Å²) < 4.78 is 53.3. The van der Waals surface area contributed by atoms with E-state index in [9.17, 15) is 17.6 Å². The molecule has 0 saturated carbocycles. The number of alkyl halides is 3. The highest BCUT2D eigenvalue weighted by atomic mass is 19.4. The minimum Gasteiger partial charge on any atom is -0.275 e. The van der Waals surface area contributed by atoms with Crippen LogP contribution in [0.3, 0.4) is 0 Å². The van der Waals surface area contributed by atoms with Crippen molar-refractivity contribution in [2.24, 2.45) is 7.05 Å². The molecular weight excluding hydrogens is 322 g/mol. The van der Waals surface area contributed by atoms with E-state index in [2.05, 4.69) is 18.9 Å². The Bertz CT molecular complexity index is 738. The van der Waals surface area contributed by atoms with Gasteiger partial charge in [-0.05, 0) is 24.6 Å². The van der Waals surface area contributed by atoms with Crippen molar-refractivity contribution in [1.29, 1.82) is 5.26 Å². The van der Waals surface area contributed by atoms with Gasteiger partial charge < -0.3 is 0 Å². The molecule has 1 heterocycles. The second-order valence-electron chi connectivity index (χ2n) is 5.32. The predicted molar refractivity (Wildman–Crippen MR) is 83.6 cm³/mol. The number of hydrogen-bond donors (Lipinski definition) is 0. The fraction of sp³-hybridized carbons (Fsp3) is 0.412. The van der Waals surface area contributed by atoms with Gasteiger partial charge in [-0.1, -0.05) is 26.7 Å².